The molecule has 2 heterocycles. The number of aryl methyl sites for hydroxylation is 1. The summed E-state index contributed by atoms with van der Waals surface area (Å²) >= 11 is 1.48. The molecule has 0 amide bonds. The second-order valence-corrected chi connectivity index (χ2v) is 6.03. The lowest BCUT2D eigenvalue weighted by atomic mass is 10.1. The van der Waals surface area contributed by atoms with Crippen molar-refractivity contribution >= 4 is 22.0 Å². The Kier molecular flexibility index (Phi) is 2.90. The van der Waals surface area contributed by atoms with Crippen LogP contribution in [0, 0.1) is 6.92 Å². The first-order valence-corrected chi connectivity index (χ1v) is 7.68. The number of nitrogens with two attached hydrogens (primary N) is 1. The van der Waals surface area contributed by atoms with Crippen molar-refractivity contribution in [3.63, 3.8) is 0 Å². The van der Waals surface area contributed by atoms with Crippen molar-refractivity contribution in [2.45, 2.75) is 6.92 Å². The van der Waals surface area contributed by atoms with Gasteiger partial charge in [0.2, 0.25) is 4.96 Å². The van der Waals surface area contributed by atoms with Crippen LogP contribution < -0.4 is 5.73 Å². The molecule has 0 saturated carbocycles. The van der Waals surface area contributed by atoms with Crippen molar-refractivity contribution in [2.75, 3.05) is 5.73 Å². The summed E-state index contributed by atoms with van der Waals surface area (Å²) in [5.41, 5.74) is 9.87. The summed E-state index contributed by atoms with van der Waals surface area (Å²) in [7, 11) is 0. The lowest BCUT2D eigenvalue weighted by Crippen LogP contribution is -1.93. The molecule has 0 bridgehead atoms. The summed E-state index contributed by atoms with van der Waals surface area (Å²) in [5, 5.41) is 13.9. The van der Waals surface area contributed by atoms with Crippen LogP contribution in [0.2, 0.25) is 0 Å². The molecule has 2 aromatic heterocycles. The zero-order valence-electron chi connectivity index (χ0n) is 11.9. The number of rotatable bonds is 2. The fourth-order valence-corrected chi connectivity index (χ4v) is 3.19. The Morgan fingerprint density at radius 3 is 2.55 bits per heavy atom. The molecule has 5 nitrogen and oxygen atoms in total. The molecule has 4 aromatic rings. The predicted molar refractivity (Wildman–Crippen MR) is 88.7 cm³/mol. The first-order valence-electron chi connectivity index (χ1n) is 6.86. The highest BCUT2D eigenvalue weighted by Gasteiger charge is 2.15. The highest BCUT2D eigenvalue weighted by atomic mass is 32.1. The second-order valence-electron chi connectivity index (χ2n) is 5.08. The maximum atomic E-state index is 6.03. The fourth-order valence-electron chi connectivity index (χ4n) is 2.30. The molecular weight excluding hydrogens is 294 g/mol. The first-order chi connectivity index (χ1) is 10.7. The van der Waals surface area contributed by atoms with Crippen LogP contribution in [-0.2, 0) is 0 Å². The van der Waals surface area contributed by atoms with Gasteiger partial charge in [0.1, 0.15) is 5.01 Å². The molecule has 0 aliphatic heterocycles. The van der Waals surface area contributed by atoms with Gasteiger partial charge in [0, 0.05) is 16.8 Å². The van der Waals surface area contributed by atoms with Crippen molar-refractivity contribution in [1.29, 1.82) is 0 Å². The van der Waals surface area contributed by atoms with Gasteiger partial charge in [-0.2, -0.15) is 9.61 Å². The Morgan fingerprint density at radius 2 is 1.77 bits per heavy atom. The maximum Gasteiger partial charge on any atom is 0.235 e. The number of benzene rings is 2. The molecule has 0 atom stereocenters. The summed E-state index contributed by atoms with van der Waals surface area (Å²) in [4.78, 5) is 0.758. The number of fused-ring (bicyclic) bond motifs is 1. The minimum Gasteiger partial charge on any atom is -0.398 e. The minimum absolute atomic E-state index is 0.712. The Bertz CT molecular complexity index is 952. The monoisotopic (exact) mass is 307 g/mol. The van der Waals surface area contributed by atoms with Crippen LogP contribution in [0.25, 0.3) is 26.9 Å². The molecule has 0 aliphatic carbocycles. The van der Waals surface area contributed by atoms with Gasteiger partial charge in [-0.15, -0.1) is 10.2 Å². The van der Waals surface area contributed by atoms with Gasteiger partial charge in [0.15, 0.2) is 5.82 Å². The summed E-state index contributed by atoms with van der Waals surface area (Å²) in [5.74, 6) is 0.743. The van der Waals surface area contributed by atoms with E-state index in [4.69, 9.17) is 5.73 Å². The molecule has 0 aliphatic rings. The van der Waals surface area contributed by atoms with Crippen LogP contribution in [-0.4, -0.2) is 19.8 Å². The van der Waals surface area contributed by atoms with Crippen molar-refractivity contribution in [1.82, 2.24) is 19.8 Å². The van der Waals surface area contributed by atoms with Crippen LogP contribution in [0.3, 0.4) is 0 Å². The van der Waals surface area contributed by atoms with Crippen LogP contribution >= 0.6 is 11.3 Å². The van der Waals surface area contributed by atoms with Gasteiger partial charge in [-0.3, -0.25) is 0 Å². The van der Waals surface area contributed by atoms with E-state index in [1.807, 2.05) is 36.4 Å². The summed E-state index contributed by atoms with van der Waals surface area (Å²) in [6.07, 6.45) is 0. The molecule has 0 saturated heterocycles. The summed E-state index contributed by atoms with van der Waals surface area (Å²) in [6, 6.07) is 15.9. The molecule has 0 radical (unpaired) electrons. The quantitative estimate of drug-likeness (QED) is 0.576. The van der Waals surface area contributed by atoms with E-state index in [0.29, 0.717) is 5.69 Å². The van der Waals surface area contributed by atoms with Gasteiger partial charge in [-0.05, 0) is 19.1 Å². The standard InChI is InChI=1S/C16H13N5S/c1-10-6-8-11(9-7-10)14-18-19-16-21(14)20-15(22-16)12-4-2-3-5-13(12)17/h2-9H,17H2,1H3. The van der Waals surface area contributed by atoms with E-state index in [0.717, 1.165) is 26.9 Å². The first kappa shape index (κ1) is 13.0. The lowest BCUT2D eigenvalue weighted by Gasteiger charge is -2.00. The number of hydrogen-bond donors (Lipinski definition) is 1. The van der Waals surface area contributed by atoms with E-state index in [1.54, 1.807) is 4.52 Å². The van der Waals surface area contributed by atoms with Crippen molar-refractivity contribution < 1.29 is 0 Å². The summed E-state index contributed by atoms with van der Waals surface area (Å²) in [6.45, 7) is 2.06. The Morgan fingerprint density at radius 1 is 1.00 bits per heavy atom. The molecule has 6 heteroatoms. The molecule has 22 heavy (non-hydrogen) atoms. The van der Waals surface area contributed by atoms with Gasteiger partial charge < -0.3 is 5.73 Å². The highest BCUT2D eigenvalue weighted by Crippen LogP contribution is 2.31. The fraction of sp³-hybridized carbons (Fsp3) is 0.0625. The third kappa shape index (κ3) is 2.05. The van der Waals surface area contributed by atoms with Gasteiger partial charge in [-0.25, -0.2) is 0 Å². The van der Waals surface area contributed by atoms with E-state index < -0.39 is 0 Å². The van der Waals surface area contributed by atoms with Crippen molar-refractivity contribution in [3.8, 4) is 22.0 Å². The third-order valence-corrected chi connectivity index (χ3v) is 4.42. The Balaban J connectivity index is 1.86. The topological polar surface area (TPSA) is 69.1 Å². The predicted octanol–water partition coefficient (Wildman–Crippen LogP) is 3.41. The zero-order valence-corrected chi connectivity index (χ0v) is 12.7. The largest absolute Gasteiger partial charge is 0.398 e. The number of hydrogen-bond acceptors (Lipinski definition) is 5. The molecule has 0 spiro atoms. The van der Waals surface area contributed by atoms with Gasteiger partial charge in [0.25, 0.3) is 0 Å². The number of aromatic nitrogens is 4. The molecule has 108 valence electrons. The highest BCUT2D eigenvalue weighted by molar-refractivity contribution is 7.19. The van der Waals surface area contributed by atoms with Gasteiger partial charge in [-0.1, -0.05) is 53.3 Å². The molecule has 4 rings (SSSR count). The molecule has 2 aromatic carbocycles. The van der Waals surface area contributed by atoms with E-state index >= 15 is 0 Å². The lowest BCUT2D eigenvalue weighted by molar-refractivity contribution is 0.971. The van der Waals surface area contributed by atoms with Gasteiger partial charge in [0.05, 0.1) is 0 Å². The van der Waals surface area contributed by atoms with Crippen molar-refractivity contribution in [2.24, 2.45) is 0 Å². The van der Waals surface area contributed by atoms with Gasteiger partial charge >= 0.3 is 0 Å². The van der Waals surface area contributed by atoms with E-state index in [2.05, 4.69) is 34.4 Å². The minimum atomic E-state index is 0.712. The molecule has 0 unspecified atom stereocenters. The van der Waals surface area contributed by atoms with E-state index in [-0.39, 0.29) is 0 Å². The Hall–Kier alpha value is -2.73. The van der Waals surface area contributed by atoms with Crippen LogP contribution in [0.5, 0.6) is 0 Å². The number of anilines is 1. The Labute approximate surface area is 131 Å². The van der Waals surface area contributed by atoms with Crippen molar-refractivity contribution in [3.05, 3.63) is 54.1 Å². The van der Waals surface area contributed by atoms with Crippen LogP contribution in [0.4, 0.5) is 5.69 Å². The number of nitrogen functional groups attached to an aromatic ring is 1. The SMILES string of the molecule is Cc1ccc(-c2nnc3sc(-c4ccccc4N)nn23)cc1. The average Bonchev–Trinajstić information content (AvgIpc) is 3.09. The molecule has 2 N–H and O–H groups in total. The van der Waals surface area contributed by atoms with E-state index in [9.17, 15) is 0 Å². The smallest absolute Gasteiger partial charge is 0.235 e. The average molecular weight is 307 g/mol. The maximum absolute atomic E-state index is 6.03. The van der Waals surface area contributed by atoms with Crippen LogP contribution in [0.15, 0.2) is 48.5 Å². The zero-order chi connectivity index (χ0) is 15.1. The van der Waals surface area contributed by atoms with E-state index in [1.165, 1.54) is 16.9 Å². The number of para-hydroxylation sites is 1. The third-order valence-electron chi connectivity index (χ3n) is 3.49. The van der Waals surface area contributed by atoms with Crippen LogP contribution in [0.1, 0.15) is 5.56 Å². The molecular formula is C16H13N5S. The summed E-state index contributed by atoms with van der Waals surface area (Å²) < 4.78 is 1.77. The molecule has 0 fully saturated rings. The second kappa shape index (κ2) is 4.92. The normalized spacial score (nSPS) is 11.1. The number of nitrogens with zero attached hydrogens (tertiary/aromatic N) is 4.